The van der Waals surface area contributed by atoms with E-state index in [1.165, 1.54) is 17.5 Å². The van der Waals surface area contributed by atoms with Gasteiger partial charge < -0.3 is 10.2 Å². The number of hydrogen-bond acceptors (Lipinski definition) is 5. The Balaban J connectivity index is 2.37. The van der Waals surface area contributed by atoms with Gasteiger partial charge in [0.15, 0.2) is 0 Å². The second kappa shape index (κ2) is 7.21. The highest BCUT2D eigenvalue weighted by Crippen LogP contribution is 2.23. The minimum Gasteiger partial charge on any atom is -0.493 e. The molecule has 0 amide bonds. The molecule has 0 aliphatic rings. The van der Waals surface area contributed by atoms with Crippen LogP contribution in [0.4, 0.5) is 0 Å². The molecular formula is C16H23N3O4S. The molecular weight excluding hydrogens is 330 g/mol. The van der Waals surface area contributed by atoms with Crippen molar-refractivity contribution in [2.45, 2.75) is 52.6 Å². The summed E-state index contributed by atoms with van der Waals surface area (Å²) in [6.07, 6.45) is 1.81. The molecule has 2 aromatic heterocycles. The third kappa shape index (κ3) is 3.53. The van der Waals surface area contributed by atoms with Gasteiger partial charge in [-0.3, -0.25) is 9.13 Å². The molecule has 2 rings (SSSR count). The van der Waals surface area contributed by atoms with Gasteiger partial charge in [0, 0.05) is 11.3 Å². The Kier molecular flexibility index (Phi) is 5.48. The van der Waals surface area contributed by atoms with Crippen LogP contribution < -0.4 is 5.69 Å². The maximum Gasteiger partial charge on any atom is 0.332 e. The monoisotopic (exact) mass is 353 g/mol. The Labute approximate surface area is 144 Å². The number of nitrogens with zero attached hydrogens (tertiary/aromatic N) is 3. The van der Waals surface area contributed by atoms with Gasteiger partial charge in [0.2, 0.25) is 5.88 Å². The lowest BCUT2D eigenvalue weighted by molar-refractivity contribution is -0.142. The van der Waals surface area contributed by atoms with Crippen molar-refractivity contribution in [1.29, 1.82) is 0 Å². The first kappa shape index (κ1) is 18.3. The third-order valence-electron chi connectivity index (χ3n) is 4.10. The zero-order valence-electron chi connectivity index (χ0n) is 14.3. The number of carbonyl (C=O) groups is 1. The SMILES string of the molecule is CC[C@H](C)[C@@H](C(=O)O)n1cc(O)n(Cc2csc(C(C)C)n2)c1=O. The van der Waals surface area contributed by atoms with E-state index in [0.717, 1.165) is 14.1 Å². The summed E-state index contributed by atoms with van der Waals surface area (Å²) in [5.74, 6) is -1.28. The molecule has 2 N–H and O–H groups in total. The number of carboxylic acid groups (broad SMARTS) is 1. The normalized spacial score (nSPS) is 14.0. The first-order valence-corrected chi connectivity index (χ1v) is 8.81. The van der Waals surface area contributed by atoms with E-state index in [0.29, 0.717) is 18.0 Å². The summed E-state index contributed by atoms with van der Waals surface area (Å²) >= 11 is 1.51. The van der Waals surface area contributed by atoms with Crippen molar-refractivity contribution in [2.75, 3.05) is 0 Å². The Hall–Kier alpha value is -2.09. The Morgan fingerprint density at radius 2 is 2.04 bits per heavy atom. The van der Waals surface area contributed by atoms with Crippen LogP contribution in [0.3, 0.4) is 0 Å². The molecule has 0 spiro atoms. The van der Waals surface area contributed by atoms with E-state index in [4.69, 9.17) is 0 Å². The highest BCUT2D eigenvalue weighted by molar-refractivity contribution is 7.09. The molecule has 2 heterocycles. The standard InChI is InChI=1S/C16H23N3O4S/c1-5-10(4)13(15(21)22)19-7-12(20)18(16(19)23)6-11-8-24-14(17-11)9(2)3/h7-10,13,20H,5-6H2,1-4H3,(H,21,22)/t10-,13-/m0/s1. The number of carboxylic acids is 1. The molecule has 24 heavy (non-hydrogen) atoms. The molecule has 0 fully saturated rings. The van der Waals surface area contributed by atoms with Crippen LogP contribution in [0.1, 0.15) is 56.8 Å². The number of aliphatic carboxylic acids is 1. The van der Waals surface area contributed by atoms with E-state index < -0.39 is 17.7 Å². The van der Waals surface area contributed by atoms with Gasteiger partial charge >= 0.3 is 11.7 Å². The molecule has 0 aromatic carbocycles. The van der Waals surface area contributed by atoms with E-state index >= 15 is 0 Å². The van der Waals surface area contributed by atoms with Gasteiger partial charge in [0.25, 0.3) is 0 Å². The fourth-order valence-corrected chi connectivity index (χ4v) is 3.34. The molecule has 0 radical (unpaired) electrons. The van der Waals surface area contributed by atoms with E-state index in [1.807, 2.05) is 26.2 Å². The predicted octanol–water partition coefficient (Wildman–Crippen LogP) is 2.66. The maximum atomic E-state index is 12.6. The molecule has 7 nitrogen and oxygen atoms in total. The summed E-state index contributed by atoms with van der Waals surface area (Å²) in [6, 6.07) is -1.00. The van der Waals surface area contributed by atoms with Crippen LogP contribution in [-0.2, 0) is 11.3 Å². The van der Waals surface area contributed by atoms with Crippen LogP contribution in [0.5, 0.6) is 5.88 Å². The molecule has 8 heteroatoms. The highest BCUT2D eigenvalue weighted by Gasteiger charge is 2.29. The molecule has 0 saturated heterocycles. The average Bonchev–Trinajstić information content (AvgIpc) is 3.08. The lowest BCUT2D eigenvalue weighted by Gasteiger charge is -2.18. The minimum atomic E-state index is -1.08. The largest absolute Gasteiger partial charge is 0.493 e. The lowest BCUT2D eigenvalue weighted by Crippen LogP contribution is -2.34. The molecule has 0 aliphatic heterocycles. The van der Waals surface area contributed by atoms with Gasteiger partial charge in [0.1, 0.15) is 6.04 Å². The van der Waals surface area contributed by atoms with Gasteiger partial charge in [-0.25, -0.2) is 14.6 Å². The summed E-state index contributed by atoms with van der Waals surface area (Å²) in [4.78, 5) is 28.6. The Morgan fingerprint density at radius 3 is 2.54 bits per heavy atom. The first-order chi connectivity index (χ1) is 11.3. The van der Waals surface area contributed by atoms with Crippen molar-refractivity contribution >= 4 is 17.3 Å². The average molecular weight is 353 g/mol. The molecule has 0 saturated carbocycles. The van der Waals surface area contributed by atoms with Crippen LogP contribution >= 0.6 is 11.3 Å². The molecule has 0 unspecified atom stereocenters. The second-order valence-corrected chi connectivity index (χ2v) is 7.15. The third-order valence-corrected chi connectivity index (χ3v) is 5.30. The van der Waals surface area contributed by atoms with Crippen molar-refractivity contribution in [3.05, 3.63) is 32.8 Å². The fourth-order valence-electron chi connectivity index (χ4n) is 2.52. The summed E-state index contributed by atoms with van der Waals surface area (Å²) in [6.45, 7) is 7.83. The van der Waals surface area contributed by atoms with Gasteiger partial charge in [-0.1, -0.05) is 34.1 Å². The van der Waals surface area contributed by atoms with Crippen LogP contribution in [0.15, 0.2) is 16.4 Å². The Bertz CT molecular complexity index is 775. The van der Waals surface area contributed by atoms with Crippen LogP contribution in [0.2, 0.25) is 0 Å². The quantitative estimate of drug-likeness (QED) is 0.797. The molecule has 132 valence electrons. The summed E-state index contributed by atoms with van der Waals surface area (Å²) in [7, 11) is 0. The lowest BCUT2D eigenvalue weighted by atomic mass is 9.99. The van der Waals surface area contributed by atoms with Crippen molar-refractivity contribution in [2.24, 2.45) is 5.92 Å². The first-order valence-electron chi connectivity index (χ1n) is 7.93. The number of hydrogen-bond donors (Lipinski definition) is 2. The molecule has 0 bridgehead atoms. The zero-order valence-corrected chi connectivity index (χ0v) is 15.1. The second-order valence-electron chi connectivity index (χ2n) is 6.26. The number of rotatable bonds is 7. The van der Waals surface area contributed by atoms with Crippen LogP contribution in [0, 0.1) is 5.92 Å². The van der Waals surface area contributed by atoms with Gasteiger partial charge in [-0.2, -0.15) is 0 Å². The maximum absolute atomic E-state index is 12.6. The van der Waals surface area contributed by atoms with E-state index in [1.54, 1.807) is 6.92 Å². The predicted molar refractivity (Wildman–Crippen MR) is 91.8 cm³/mol. The fraction of sp³-hybridized carbons (Fsp3) is 0.562. The summed E-state index contributed by atoms with van der Waals surface area (Å²) < 4.78 is 2.25. The topological polar surface area (TPSA) is 97.3 Å². The van der Waals surface area contributed by atoms with Gasteiger partial charge in [0.05, 0.1) is 23.4 Å². The molecule has 0 aliphatic carbocycles. The van der Waals surface area contributed by atoms with Crippen molar-refractivity contribution in [3.63, 3.8) is 0 Å². The number of thiazole rings is 1. The van der Waals surface area contributed by atoms with Crippen molar-refractivity contribution < 1.29 is 15.0 Å². The van der Waals surface area contributed by atoms with Gasteiger partial charge in [-0.15, -0.1) is 11.3 Å². The molecule has 2 atom stereocenters. The number of aromatic nitrogens is 3. The smallest absolute Gasteiger partial charge is 0.332 e. The van der Waals surface area contributed by atoms with Crippen LogP contribution in [-0.4, -0.2) is 30.3 Å². The van der Waals surface area contributed by atoms with E-state index in [2.05, 4.69) is 4.98 Å². The number of aromatic hydroxyl groups is 1. The summed E-state index contributed by atoms with van der Waals surface area (Å²) in [5, 5.41) is 22.4. The Morgan fingerprint density at radius 1 is 1.38 bits per heavy atom. The summed E-state index contributed by atoms with van der Waals surface area (Å²) in [5.41, 5.74) is 0.133. The van der Waals surface area contributed by atoms with E-state index in [9.17, 15) is 19.8 Å². The zero-order chi connectivity index (χ0) is 18.0. The molecule has 2 aromatic rings. The number of imidazole rings is 1. The van der Waals surface area contributed by atoms with Crippen LogP contribution in [0.25, 0.3) is 0 Å². The van der Waals surface area contributed by atoms with Crippen molar-refractivity contribution in [1.82, 2.24) is 14.1 Å². The van der Waals surface area contributed by atoms with Crippen molar-refractivity contribution in [3.8, 4) is 5.88 Å². The highest BCUT2D eigenvalue weighted by atomic mass is 32.1. The van der Waals surface area contributed by atoms with Gasteiger partial charge in [-0.05, 0) is 5.92 Å². The van der Waals surface area contributed by atoms with E-state index in [-0.39, 0.29) is 18.3 Å². The minimum absolute atomic E-state index is 0.119.